The number of methoxy groups -OCH3 is 2. The molecule has 1 N–H and O–H groups in total. The van der Waals surface area contributed by atoms with E-state index in [2.05, 4.69) is 12.1 Å². The lowest BCUT2D eigenvalue weighted by Gasteiger charge is -2.10. The third kappa shape index (κ3) is 3.37. The fourth-order valence-corrected chi connectivity index (χ4v) is 1.61. The van der Waals surface area contributed by atoms with Crippen molar-refractivity contribution in [3.8, 4) is 11.5 Å². The van der Waals surface area contributed by atoms with Gasteiger partial charge in [-0.25, -0.2) is 0 Å². The molecule has 0 aliphatic carbocycles. The van der Waals surface area contributed by atoms with Gasteiger partial charge in [0, 0.05) is 5.56 Å². The van der Waals surface area contributed by atoms with Crippen LogP contribution in [0.5, 0.6) is 11.5 Å². The third-order valence-electron chi connectivity index (χ3n) is 2.60. The van der Waals surface area contributed by atoms with E-state index >= 15 is 0 Å². The first-order valence-corrected chi connectivity index (χ1v) is 5.70. The monoisotopic (exact) mass is 237 g/mol. The average molecular weight is 237 g/mol. The zero-order chi connectivity index (χ0) is 12.7. The van der Waals surface area contributed by atoms with Crippen LogP contribution in [0.4, 0.5) is 0 Å². The standard InChI is InChI=1S/C13H19NO3/c1-4-5-6-11(14-15)10-7-8-12(16-2)13(9-10)17-3/h7-9,15H,4-6H2,1-3H3. The molecule has 0 radical (unpaired) electrons. The Balaban J connectivity index is 2.97. The van der Waals surface area contributed by atoms with Crippen LogP contribution in [0.15, 0.2) is 23.4 Å². The highest BCUT2D eigenvalue weighted by Crippen LogP contribution is 2.28. The summed E-state index contributed by atoms with van der Waals surface area (Å²) in [5.41, 5.74) is 1.53. The van der Waals surface area contributed by atoms with E-state index < -0.39 is 0 Å². The lowest BCUT2D eigenvalue weighted by molar-refractivity contribution is 0.317. The molecule has 4 nitrogen and oxygen atoms in total. The smallest absolute Gasteiger partial charge is 0.161 e. The van der Waals surface area contributed by atoms with Gasteiger partial charge in [-0.3, -0.25) is 0 Å². The summed E-state index contributed by atoms with van der Waals surface area (Å²) in [6, 6.07) is 5.50. The van der Waals surface area contributed by atoms with Crippen molar-refractivity contribution in [2.45, 2.75) is 26.2 Å². The number of ether oxygens (including phenoxy) is 2. The Morgan fingerprint density at radius 3 is 2.47 bits per heavy atom. The fourth-order valence-electron chi connectivity index (χ4n) is 1.61. The molecule has 1 aromatic rings. The van der Waals surface area contributed by atoms with Crippen molar-refractivity contribution in [3.63, 3.8) is 0 Å². The molecule has 0 atom stereocenters. The van der Waals surface area contributed by atoms with Crippen molar-refractivity contribution in [2.24, 2.45) is 5.16 Å². The van der Waals surface area contributed by atoms with Crippen molar-refractivity contribution in [1.29, 1.82) is 0 Å². The molecular formula is C13H19NO3. The summed E-state index contributed by atoms with van der Waals surface area (Å²) < 4.78 is 10.4. The predicted molar refractivity (Wildman–Crippen MR) is 67.4 cm³/mol. The number of rotatable bonds is 6. The Kier molecular flexibility index (Phi) is 5.33. The van der Waals surface area contributed by atoms with Crippen molar-refractivity contribution < 1.29 is 14.7 Å². The molecule has 1 aromatic carbocycles. The molecule has 0 saturated heterocycles. The third-order valence-corrected chi connectivity index (χ3v) is 2.60. The topological polar surface area (TPSA) is 51.1 Å². The molecule has 0 saturated carbocycles. The molecule has 0 amide bonds. The number of unbranched alkanes of at least 4 members (excludes halogenated alkanes) is 1. The van der Waals surface area contributed by atoms with Crippen molar-refractivity contribution >= 4 is 5.71 Å². The lowest BCUT2D eigenvalue weighted by atomic mass is 10.0. The molecule has 0 unspecified atom stereocenters. The van der Waals surface area contributed by atoms with Crippen LogP contribution in [0.25, 0.3) is 0 Å². The largest absolute Gasteiger partial charge is 0.493 e. The normalized spacial score (nSPS) is 11.4. The molecule has 4 heteroatoms. The lowest BCUT2D eigenvalue weighted by Crippen LogP contribution is -2.02. The van der Waals surface area contributed by atoms with Crippen molar-refractivity contribution in [3.05, 3.63) is 23.8 Å². The van der Waals surface area contributed by atoms with Gasteiger partial charge < -0.3 is 14.7 Å². The van der Waals surface area contributed by atoms with Crippen LogP contribution in [-0.4, -0.2) is 25.1 Å². The first kappa shape index (κ1) is 13.4. The minimum atomic E-state index is 0.641. The number of hydrogen-bond acceptors (Lipinski definition) is 4. The van der Waals surface area contributed by atoms with Crippen LogP contribution >= 0.6 is 0 Å². The van der Waals surface area contributed by atoms with Crippen LogP contribution in [0.3, 0.4) is 0 Å². The second-order valence-electron chi connectivity index (χ2n) is 3.72. The van der Waals surface area contributed by atoms with Crippen LogP contribution < -0.4 is 9.47 Å². The van der Waals surface area contributed by atoms with Crippen molar-refractivity contribution in [1.82, 2.24) is 0 Å². The number of oxime groups is 1. The zero-order valence-electron chi connectivity index (χ0n) is 10.6. The predicted octanol–water partition coefficient (Wildman–Crippen LogP) is 3.07. The second-order valence-corrected chi connectivity index (χ2v) is 3.72. The molecule has 0 heterocycles. The number of nitrogens with zero attached hydrogens (tertiary/aromatic N) is 1. The number of hydrogen-bond donors (Lipinski definition) is 1. The summed E-state index contributed by atoms with van der Waals surface area (Å²) >= 11 is 0. The highest BCUT2D eigenvalue weighted by Gasteiger charge is 2.09. The van der Waals surface area contributed by atoms with Gasteiger partial charge in [-0.15, -0.1) is 0 Å². The van der Waals surface area contributed by atoms with E-state index in [1.165, 1.54) is 0 Å². The fraction of sp³-hybridized carbons (Fsp3) is 0.462. The van der Waals surface area contributed by atoms with Gasteiger partial charge in [0.1, 0.15) is 0 Å². The molecule has 17 heavy (non-hydrogen) atoms. The highest BCUT2D eigenvalue weighted by molar-refractivity contribution is 6.00. The van der Waals surface area contributed by atoms with Gasteiger partial charge in [0.2, 0.25) is 0 Å². The van der Waals surface area contributed by atoms with E-state index in [0.717, 1.165) is 24.8 Å². The Morgan fingerprint density at radius 2 is 1.94 bits per heavy atom. The van der Waals surface area contributed by atoms with E-state index in [1.54, 1.807) is 14.2 Å². The highest BCUT2D eigenvalue weighted by atomic mass is 16.5. The summed E-state index contributed by atoms with van der Waals surface area (Å²) in [5.74, 6) is 1.31. The van der Waals surface area contributed by atoms with E-state index in [-0.39, 0.29) is 0 Å². The van der Waals surface area contributed by atoms with Gasteiger partial charge in [-0.2, -0.15) is 0 Å². The summed E-state index contributed by atoms with van der Waals surface area (Å²) in [6.07, 6.45) is 2.81. The molecule has 0 bridgehead atoms. The Hall–Kier alpha value is -1.71. The quantitative estimate of drug-likeness (QED) is 0.470. The molecule has 0 aromatic heterocycles. The van der Waals surface area contributed by atoms with Crippen LogP contribution in [0, 0.1) is 0 Å². The molecule has 0 fully saturated rings. The van der Waals surface area contributed by atoms with Crippen LogP contribution in [0.1, 0.15) is 31.7 Å². The van der Waals surface area contributed by atoms with Gasteiger partial charge in [-0.05, 0) is 31.0 Å². The van der Waals surface area contributed by atoms with Gasteiger partial charge >= 0.3 is 0 Å². The Bertz CT molecular complexity index is 388. The summed E-state index contributed by atoms with van der Waals surface area (Å²) in [5, 5.41) is 12.4. The van der Waals surface area contributed by atoms with Crippen molar-refractivity contribution in [2.75, 3.05) is 14.2 Å². The minimum Gasteiger partial charge on any atom is -0.493 e. The Morgan fingerprint density at radius 1 is 1.24 bits per heavy atom. The SMILES string of the molecule is CCCCC(=NO)c1ccc(OC)c(OC)c1. The molecule has 0 aliphatic heterocycles. The summed E-state index contributed by atoms with van der Waals surface area (Å²) in [4.78, 5) is 0. The van der Waals surface area contributed by atoms with Gasteiger partial charge in [0.15, 0.2) is 11.5 Å². The first-order valence-electron chi connectivity index (χ1n) is 5.70. The second kappa shape index (κ2) is 6.78. The van der Waals surface area contributed by atoms with Gasteiger partial charge in [0.25, 0.3) is 0 Å². The molecular weight excluding hydrogens is 218 g/mol. The van der Waals surface area contributed by atoms with Crippen LogP contribution in [-0.2, 0) is 0 Å². The Labute approximate surface area is 102 Å². The van der Waals surface area contributed by atoms with E-state index in [9.17, 15) is 0 Å². The summed E-state index contributed by atoms with van der Waals surface area (Å²) in [6.45, 7) is 2.10. The minimum absolute atomic E-state index is 0.641. The van der Waals surface area contributed by atoms with Gasteiger partial charge in [0.05, 0.1) is 19.9 Å². The summed E-state index contributed by atoms with van der Waals surface area (Å²) in [7, 11) is 3.18. The number of benzene rings is 1. The zero-order valence-corrected chi connectivity index (χ0v) is 10.6. The molecule has 0 spiro atoms. The maximum Gasteiger partial charge on any atom is 0.161 e. The molecule has 1 rings (SSSR count). The van der Waals surface area contributed by atoms with E-state index in [0.29, 0.717) is 17.2 Å². The van der Waals surface area contributed by atoms with Gasteiger partial charge in [-0.1, -0.05) is 18.5 Å². The van der Waals surface area contributed by atoms with E-state index in [4.69, 9.17) is 14.7 Å². The maximum atomic E-state index is 9.01. The van der Waals surface area contributed by atoms with E-state index in [1.807, 2.05) is 18.2 Å². The molecule has 0 aliphatic rings. The average Bonchev–Trinajstić information content (AvgIpc) is 2.39. The van der Waals surface area contributed by atoms with Crippen LogP contribution in [0.2, 0.25) is 0 Å². The maximum absolute atomic E-state index is 9.01. The molecule has 94 valence electrons. The first-order chi connectivity index (χ1) is 8.26.